The third-order valence-corrected chi connectivity index (χ3v) is 2.38. The minimum Gasteiger partial charge on any atom is -0.0840 e. The summed E-state index contributed by atoms with van der Waals surface area (Å²) < 4.78 is 0. The van der Waals surface area contributed by atoms with Gasteiger partial charge in [0.25, 0.3) is 0 Å². The fourth-order valence-electron chi connectivity index (χ4n) is 1.38. The van der Waals surface area contributed by atoms with E-state index in [1.165, 1.54) is 12.8 Å². The van der Waals surface area contributed by atoms with E-state index in [1.807, 2.05) is 18.2 Å². The molecule has 65 valence electrons. The molecule has 1 aromatic rings. The average molecular weight is 182 g/mol. The lowest BCUT2D eigenvalue weighted by atomic mass is 9.97. The van der Waals surface area contributed by atoms with Crippen molar-refractivity contribution in [1.82, 2.24) is 0 Å². The van der Waals surface area contributed by atoms with Crippen LogP contribution < -0.4 is 0 Å². The Kier molecular flexibility index (Phi) is 3.61. The Morgan fingerprint density at radius 1 is 1.58 bits per heavy atom. The Labute approximate surface area is 79.6 Å². The second-order valence-electron chi connectivity index (χ2n) is 3.12. The number of hydrogen-bond acceptors (Lipinski definition) is 0. The van der Waals surface area contributed by atoms with Crippen LogP contribution >= 0.6 is 11.6 Å². The zero-order valence-electron chi connectivity index (χ0n) is 7.60. The highest BCUT2D eigenvalue weighted by Crippen LogP contribution is 2.26. The maximum atomic E-state index is 6.02. The van der Waals surface area contributed by atoms with Gasteiger partial charge in [-0.1, -0.05) is 44.0 Å². The van der Waals surface area contributed by atoms with Crippen LogP contribution in [-0.2, 0) is 0 Å². The molecule has 0 fully saturated rings. The molecule has 0 heterocycles. The van der Waals surface area contributed by atoms with Crippen molar-refractivity contribution >= 4 is 11.6 Å². The van der Waals surface area contributed by atoms with Crippen molar-refractivity contribution in [3.05, 3.63) is 34.9 Å². The Morgan fingerprint density at radius 2 is 2.33 bits per heavy atom. The molecule has 1 radical (unpaired) electrons. The van der Waals surface area contributed by atoms with E-state index in [9.17, 15) is 0 Å². The van der Waals surface area contributed by atoms with Gasteiger partial charge < -0.3 is 0 Å². The van der Waals surface area contributed by atoms with Gasteiger partial charge in [-0.2, -0.15) is 0 Å². The summed E-state index contributed by atoms with van der Waals surface area (Å²) >= 11 is 6.02. The monoisotopic (exact) mass is 181 g/mol. The van der Waals surface area contributed by atoms with Crippen molar-refractivity contribution < 1.29 is 0 Å². The summed E-state index contributed by atoms with van der Waals surface area (Å²) in [5.41, 5.74) is 1.15. The first-order chi connectivity index (χ1) is 5.75. The third kappa shape index (κ3) is 2.25. The number of hydrogen-bond donors (Lipinski definition) is 0. The minimum absolute atomic E-state index is 0.531. The van der Waals surface area contributed by atoms with Gasteiger partial charge in [-0.25, -0.2) is 0 Å². The molecule has 12 heavy (non-hydrogen) atoms. The predicted molar refractivity (Wildman–Crippen MR) is 53.6 cm³/mol. The highest BCUT2D eigenvalue weighted by atomic mass is 35.5. The van der Waals surface area contributed by atoms with Crippen LogP contribution in [0.2, 0.25) is 5.02 Å². The molecule has 0 nitrogen and oxygen atoms in total. The molecule has 1 heteroatoms. The fraction of sp³-hybridized carbons (Fsp3) is 0.455. The summed E-state index contributed by atoms with van der Waals surface area (Å²) in [7, 11) is 0. The molecule has 1 rings (SSSR count). The quantitative estimate of drug-likeness (QED) is 0.660. The van der Waals surface area contributed by atoms with E-state index in [-0.39, 0.29) is 0 Å². The average Bonchev–Trinajstić information content (AvgIpc) is 2.05. The maximum absolute atomic E-state index is 6.02. The van der Waals surface area contributed by atoms with Crippen LogP contribution in [-0.4, -0.2) is 0 Å². The molecule has 0 aliphatic heterocycles. The number of halogens is 1. The van der Waals surface area contributed by atoms with Gasteiger partial charge in [0.1, 0.15) is 0 Å². The van der Waals surface area contributed by atoms with Crippen molar-refractivity contribution in [3.8, 4) is 0 Å². The minimum atomic E-state index is 0.531. The molecule has 0 aromatic heterocycles. The van der Waals surface area contributed by atoms with Crippen LogP contribution in [0.3, 0.4) is 0 Å². The molecule has 0 aliphatic carbocycles. The van der Waals surface area contributed by atoms with E-state index in [2.05, 4.69) is 19.9 Å². The van der Waals surface area contributed by atoms with Gasteiger partial charge >= 0.3 is 0 Å². The summed E-state index contributed by atoms with van der Waals surface area (Å²) in [5, 5.41) is 0.846. The Morgan fingerprint density at radius 3 is 2.92 bits per heavy atom. The molecule has 1 atom stereocenters. The summed E-state index contributed by atoms with van der Waals surface area (Å²) in [4.78, 5) is 0. The number of rotatable bonds is 3. The Hall–Kier alpha value is -0.490. The second kappa shape index (κ2) is 4.51. The molecule has 0 N–H and O–H groups in total. The van der Waals surface area contributed by atoms with E-state index in [0.29, 0.717) is 5.92 Å². The SMILES string of the molecule is CCCC(C)c1[c]cccc1Cl. The van der Waals surface area contributed by atoms with E-state index in [0.717, 1.165) is 10.6 Å². The van der Waals surface area contributed by atoms with Gasteiger partial charge in [0, 0.05) is 5.02 Å². The highest BCUT2D eigenvalue weighted by molar-refractivity contribution is 6.31. The van der Waals surface area contributed by atoms with Gasteiger partial charge in [-0.15, -0.1) is 0 Å². The van der Waals surface area contributed by atoms with E-state index < -0.39 is 0 Å². The first kappa shape index (κ1) is 9.60. The van der Waals surface area contributed by atoms with E-state index in [4.69, 9.17) is 11.6 Å². The standard InChI is InChI=1S/C11H14Cl/c1-3-6-9(2)10-7-4-5-8-11(10)12/h4-5,8-9H,3,6H2,1-2H3. The fourth-order valence-corrected chi connectivity index (χ4v) is 1.70. The second-order valence-corrected chi connectivity index (χ2v) is 3.53. The Balaban J connectivity index is 2.79. The van der Waals surface area contributed by atoms with Crippen molar-refractivity contribution in [3.63, 3.8) is 0 Å². The van der Waals surface area contributed by atoms with Crippen LogP contribution in [0, 0.1) is 6.07 Å². The molecular formula is C11H14Cl. The normalized spacial score (nSPS) is 12.9. The van der Waals surface area contributed by atoms with Gasteiger partial charge in [0.2, 0.25) is 0 Å². The van der Waals surface area contributed by atoms with E-state index in [1.54, 1.807) is 0 Å². The van der Waals surface area contributed by atoms with Gasteiger partial charge in [0.05, 0.1) is 0 Å². The largest absolute Gasteiger partial charge is 0.0840 e. The van der Waals surface area contributed by atoms with Crippen molar-refractivity contribution in [1.29, 1.82) is 0 Å². The molecule has 0 aliphatic rings. The van der Waals surface area contributed by atoms with Crippen molar-refractivity contribution in [2.24, 2.45) is 0 Å². The topological polar surface area (TPSA) is 0 Å². The highest BCUT2D eigenvalue weighted by Gasteiger charge is 2.07. The zero-order chi connectivity index (χ0) is 8.97. The van der Waals surface area contributed by atoms with E-state index >= 15 is 0 Å². The summed E-state index contributed by atoms with van der Waals surface area (Å²) in [6.45, 7) is 4.38. The van der Waals surface area contributed by atoms with Crippen LogP contribution in [0.1, 0.15) is 38.2 Å². The summed E-state index contributed by atoms with van der Waals surface area (Å²) in [6.07, 6.45) is 2.38. The smallest absolute Gasteiger partial charge is 0.0446 e. The lowest BCUT2D eigenvalue weighted by Gasteiger charge is -2.11. The Bertz CT molecular complexity index is 243. The molecule has 0 saturated carbocycles. The van der Waals surface area contributed by atoms with Crippen LogP contribution in [0.4, 0.5) is 0 Å². The maximum Gasteiger partial charge on any atom is 0.0446 e. The third-order valence-electron chi connectivity index (χ3n) is 2.05. The summed E-state index contributed by atoms with van der Waals surface area (Å²) in [5.74, 6) is 0.531. The molecule has 0 spiro atoms. The first-order valence-corrected chi connectivity index (χ1v) is 4.79. The van der Waals surface area contributed by atoms with Gasteiger partial charge in [0.15, 0.2) is 0 Å². The predicted octanol–water partition coefficient (Wildman–Crippen LogP) is 4.04. The molecule has 1 unspecified atom stereocenters. The van der Waals surface area contributed by atoms with Gasteiger partial charge in [-0.3, -0.25) is 0 Å². The van der Waals surface area contributed by atoms with Crippen LogP contribution in [0.25, 0.3) is 0 Å². The molecule has 0 amide bonds. The molecular weight excluding hydrogens is 168 g/mol. The van der Waals surface area contributed by atoms with Crippen LogP contribution in [0.5, 0.6) is 0 Å². The van der Waals surface area contributed by atoms with Crippen LogP contribution in [0.15, 0.2) is 18.2 Å². The summed E-state index contributed by atoms with van der Waals surface area (Å²) in [6, 6.07) is 8.96. The van der Waals surface area contributed by atoms with Crippen molar-refractivity contribution in [2.75, 3.05) is 0 Å². The molecule has 0 saturated heterocycles. The first-order valence-electron chi connectivity index (χ1n) is 4.41. The number of benzene rings is 1. The molecule has 1 aromatic carbocycles. The lowest BCUT2D eigenvalue weighted by molar-refractivity contribution is 0.664. The molecule has 0 bridgehead atoms. The van der Waals surface area contributed by atoms with Gasteiger partial charge in [-0.05, 0) is 30.0 Å². The lowest BCUT2D eigenvalue weighted by Crippen LogP contribution is -1.93. The zero-order valence-corrected chi connectivity index (χ0v) is 8.36. The van der Waals surface area contributed by atoms with Crippen molar-refractivity contribution in [2.45, 2.75) is 32.6 Å².